The van der Waals surface area contributed by atoms with Crippen LogP contribution in [0.3, 0.4) is 0 Å². The molecule has 24 heavy (non-hydrogen) atoms. The molecule has 0 unspecified atom stereocenters. The van der Waals surface area contributed by atoms with Gasteiger partial charge >= 0.3 is 5.97 Å². The quantitative estimate of drug-likeness (QED) is 0.759. The Kier molecular flexibility index (Phi) is 3.31. The lowest BCUT2D eigenvalue weighted by molar-refractivity contribution is 0.0697. The van der Waals surface area contributed by atoms with Crippen LogP contribution in [-0.2, 0) is 6.42 Å². The van der Waals surface area contributed by atoms with Crippen molar-refractivity contribution in [2.24, 2.45) is 4.99 Å². The molecule has 0 bridgehead atoms. The van der Waals surface area contributed by atoms with Crippen molar-refractivity contribution in [3.63, 3.8) is 0 Å². The molecule has 4 nitrogen and oxygen atoms in total. The van der Waals surface area contributed by atoms with Gasteiger partial charge in [-0.15, -0.1) is 0 Å². The summed E-state index contributed by atoms with van der Waals surface area (Å²) in [6.07, 6.45) is 0.663. The molecule has 1 aliphatic rings. The summed E-state index contributed by atoms with van der Waals surface area (Å²) in [7, 11) is 1.91. The molecule has 2 N–H and O–H groups in total. The number of aromatic carboxylic acids is 1. The molecule has 4 heteroatoms. The van der Waals surface area contributed by atoms with Gasteiger partial charge in [0.05, 0.1) is 17.0 Å². The molecule has 1 aliphatic heterocycles. The SMILES string of the molecule is CNc1ccc2cc(C3=Nc4ccc(C(=O)O)cc4C3)ccc2c1. The lowest BCUT2D eigenvalue weighted by atomic mass is 10.00. The Morgan fingerprint density at radius 2 is 1.83 bits per heavy atom. The van der Waals surface area contributed by atoms with Crippen LogP contribution in [0.2, 0.25) is 0 Å². The van der Waals surface area contributed by atoms with Crippen LogP contribution in [0.5, 0.6) is 0 Å². The summed E-state index contributed by atoms with van der Waals surface area (Å²) < 4.78 is 0. The largest absolute Gasteiger partial charge is 0.478 e. The highest BCUT2D eigenvalue weighted by Gasteiger charge is 2.18. The van der Waals surface area contributed by atoms with Gasteiger partial charge in [-0.05, 0) is 58.3 Å². The smallest absolute Gasteiger partial charge is 0.335 e. The normalized spacial score (nSPS) is 12.8. The maximum absolute atomic E-state index is 11.1. The minimum Gasteiger partial charge on any atom is -0.478 e. The summed E-state index contributed by atoms with van der Waals surface area (Å²) in [5.74, 6) is -0.905. The summed E-state index contributed by atoms with van der Waals surface area (Å²) in [4.78, 5) is 15.8. The van der Waals surface area contributed by atoms with Gasteiger partial charge < -0.3 is 10.4 Å². The Bertz CT molecular complexity index is 1010. The minimum absolute atomic E-state index is 0.309. The number of aliphatic imine (C=N–C) groups is 1. The fourth-order valence-corrected chi connectivity index (χ4v) is 3.08. The first-order valence-electron chi connectivity index (χ1n) is 7.80. The van der Waals surface area contributed by atoms with E-state index in [-0.39, 0.29) is 0 Å². The molecule has 0 radical (unpaired) electrons. The molecule has 1 heterocycles. The van der Waals surface area contributed by atoms with E-state index in [1.165, 1.54) is 5.39 Å². The molecular weight excluding hydrogens is 300 g/mol. The van der Waals surface area contributed by atoms with Crippen molar-refractivity contribution in [3.8, 4) is 0 Å². The third kappa shape index (κ3) is 2.42. The summed E-state index contributed by atoms with van der Waals surface area (Å²) >= 11 is 0. The molecule has 4 rings (SSSR count). The molecule has 0 saturated carbocycles. The van der Waals surface area contributed by atoms with Crippen molar-refractivity contribution in [1.82, 2.24) is 0 Å². The second-order valence-corrected chi connectivity index (χ2v) is 5.91. The molecule has 3 aromatic rings. The molecular formula is C20H16N2O2. The average molecular weight is 316 g/mol. The van der Waals surface area contributed by atoms with Crippen LogP contribution in [0.15, 0.2) is 59.6 Å². The molecule has 0 amide bonds. The van der Waals surface area contributed by atoms with Crippen LogP contribution in [-0.4, -0.2) is 23.8 Å². The van der Waals surface area contributed by atoms with Crippen molar-refractivity contribution in [3.05, 3.63) is 71.3 Å². The molecule has 0 aliphatic carbocycles. The number of hydrogen-bond donors (Lipinski definition) is 2. The second kappa shape index (κ2) is 5.49. The van der Waals surface area contributed by atoms with E-state index in [0.717, 1.165) is 33.6 Å². The number of benzene rings is 3. The van der Waals surface area contributed by atoms with Crippen LogP contribution in [0.4, 0.5) is 11.4 Å². The highest BCUT2D eigenvalue weighted by molar-refractivity contribution is 6.09. The highest BCUT2D eigenvalue weighted by Crippen LogP contribution is 2.31. The first kappa shape index (κ1) is 14.5. The van der Waals surface area contributed by atoms with Crippen molar-refractivity contribution in [2.45, 2.75) is 6.42 Å². The lowest BCUT2D eigenvalue weighted by Crippen LogP contribution is -2.01. The number of rotatable bonds is 3. The monoisotopic (exact) mass is 316 g/mol. The number of carboxylic acids is 1. The molecule has 0 aromatic heterocycles. The van der Waals surface area contributed by atoms with E-state index in [1.807, 2.05) is 7.05 Å². The van der Waals surface area contributed by atoms with E-state index >= 15 is 0 Å². The standard InChI is InChI=1S/C20H16N2O2/c1-21-17-6-4-12-8-14(3-2-13(12)10-17)19-11-16-9-15(20(23)24)5-7-18(16)22-19/h2-10,21H,11H2,1H3,(H,23,24). The number of carboxylic acid groups (broad SMARTS) is 1. The van der Waals surface area contributed by atoms with Crippen LogP contribution in [0.25, 0.3) is 10.8 Å². The topological polar surface area (TPSA) is 61.7 Å². The molecule has 0 atom stereocenters. The van der Waals surface area contributed by atoms with Gasteiger partial charge in [0.1, 0.15) is 0 Å². The summed E-state index contributed by atoms with van der Waals surface area (Å²) in [5.41, 5.74) is 5.28. The van der Waals surface area contributed by atoms with E-state index in [4.69, 9.17) is 5.11 Å². The first-order valence-corrected chi connectivity index (χ1v) is 7.80. The summed E-state index contributed by atoms with van der Waals surface area (Å²) in [5, 5.41) is 14.6. The Morgan fingerprint density at radius 3 is 2.62 bits per heavy atom. The Balaban J connectivity index is 1.70. The van der Waals surface area contributed by atoms with Crippen LogP contribution in [0.1, 0.15) is 21.5 Å². The van der Waals surface area contributed by atoms with Gasteiger partial charge in [-0.1, -0.05) is 18.2 Å². The van der Waals surface area contributed by atoms with Gasteiger partial charge in [0.15, 0.2) is 0 Å². The molecule has 3 aromatic carbocycles. The van der Waals surface area contributed by atoms with E-state index in [0.29, 0.717) is 12.0 Å². The van der Waals surface area contributed by atoms with Crippen LogP contribution in [0, 0.1) is 0 Å². The predicted octanol–water partition coefficient (Wildman–Crippen LogP) is 4.26. The number of hydrogen-bond acceptors (Lipinski definition) is 3. The fourth-order valence-electron chi connectivity index (χ4n) is 3.08. The summed E-state index contributed by atoms with van der Waals surface area (Å²) in [6, 6.07) is 17.7. The number of nitrogens with zero attached hydrogens (tertiary/aromatic N) is 1. The lowest BCUT2D eigenvalue weighted by Gasteiger charge is -2.06. The van der Waals surface area contributed by atoms with Gasteiger partial charge in [0.25, 0.3) is 0 Å². The zero-order valence-electron chi connectivity index (χ0n) is 13.2. The van der Waals surface area contributed by atoms with Gasteiger partial charge in [0, 0.05) is 19.2 Å². The zero-order valence-corrected chi connectivity index (χ0v) is 13.2. The summed E-state index contributed by atoms with van der Waals surface area (Å²) in [6.45, 7) is 0. The third-order valence-corrected chi connectivity index (χ3v) is 4.40. The Morgan fingerprint density at radius 1 is 1.04 bits per heavy atom. The number of fused-ring (bicyclic) bond motifs is 2. The number of anilines is 1. The maximum atomic E-state index is 11.1. The maximum Gasteiger partial charge on any atom is 0.335 e. The van der Waals surface area contributed by atoms with Crippen LogP contribution >= 0.6 is 0 Å². The van der Waals surface area contributed by atoms with Gasteiger partial charge in [-0.3, -0.25) is 4.99 Å². The Hall–Kier alpha value is -3.14. The minimum atomic E-state index is -0.905. The second-order valence-electron chi connectivity index (χ2n) is 5.91. The van der Waals surface area contributed by atoms with Crippen molar-refractivity contribution < 1.29 is 9.90 Å². The number of carbonyl (C=O) groups is 1. The molecule has 0 saturated heterocycles. The average Bonchev–Trinajstić information content (AvgIpc) is 3.03. The predicted molar refractivity (Wildman–Crippen MR) is 96.8 cm³/mol. The van der Waals surface area contributed by atoms with Crippen molar-refractivity contribution in [2.75, 3.05) is 12.4 Å². The Labute approximate surface area is 139 Å². The van der Waals surface area contributed by atoms with E-state index < -0.39 is 5.97 Å². The van der Waals surface area contributed by atoms with Gasteiger partial charge in [-0.25, -0.2) is 4.79 Å². The fraction of sp³-hybridized carbons (Fsp3) is 0.100. The first-order chi connectivity index (χ1) is 11.6. The highest BCUT2D eigenvalue weighted by atomic mass is 16.4. The van der Waals surface area contributed by atoms with Crippen molar-refractivity contribution in [1.29, 1.82) is 0 Å². The van der Waals surface area contributed by atoms with E-state index in [1.54, 1.807) is 18.2 Å². The van der Waals surface area contributed by atoms with E-state index in [2.05, 4.69) is 46.7 Å². The van der Waals surface area contributed by atoms with Gasteiger partial charge in [-0.2, -0.15) is 0 Å². The van der Waals surface area contributed by atoms with Gasteiger partial charge in [0.2, 0.25) is 0 Å². The third-order valence-electron chi connectivity index (χ3n) is 4.40. The van der Waals surface area contributed by atoms with Crippen LogP contribution < -0.4 is 5.32 Å². The number of nitrogens with one attached hydrogen (secondary N) is 1. The zero-order chi connectivity index (χ0) is 16.7. The molecule has 118 valence electrons. The van der Waals surface area contributed by atoms with E-state index in [9.17, 15) is 4.79 Å². The van der Waals surface area contributed by atoms with Crippen molar-refractivity contribution >= 4 is 33.8 Å². The molecule has 0 fully saturated rings. The molecule has 0 spiro atoms.